The Bertz CT molecular complexity index is 665. The Kier molecular flexibility index (Phi) is 4.03. The minimum absolute atomic E-state index is 0.00530. The SMILES string of the molecule is CN1CCN(S(=O)(=O)c2cc(Br)c(F)cc2N)CC1=O. The average molecular weight is 366 g/mol. The van der Waals surface area contributed by atoms with Gasteiger partial charge in [0.2, 0.25) is 15.9 Å². The molecule has 0 bridgehead atoms. The van der Waals surface area contributed by atoms with Crippen LogP contribution in [0.5, 0.6) is 0 Å². The molecule has 1 aliphatic rings. The maximum absolute atomic E-state index is 13.3. The topological polar surface area (TPSA) is 83.7 Å². The lowest BCUT2D eigenvalue weighted by molar-refractivity contribution is -0.132. The highest BCUT2D eigenvalue weighted by Gasteiger charge is 2.33. The summed E-state index contributed by atoms with van der Waals surface area (Å²) in [5, 5.41) is 0. The number of piperazine rings is 1. The predicted octanol–water partition coefficient (Wildman–Crippen LogP) is 0.633. The van der Waals surface area contributed by atoms with Crippen molar-refractivity contribution in [2.24, 2.45) is 0 Å². The summed E-state index contributed by atoms with van der Waals surface area (Å²) in [4.78, 5) is 12.9. The van der Waals surface area contributed by atoms with Crippen LogP contribution in [0.4, 0.5) is 10.1 Å². The third kappa shape index (κ3) is 2.65. The first-order chi connectivity index (χ1) is 9.23. The third-order valence-corrected chi connectivity index (χ3v) is 5.60. The van der Waals surface area contributed by atoms with Crippen molar-refractivity contribution < 1.29 is 17.6 Å². The van der Waals surface area contributed by atoms with E-state index in [1.807, 2.05) is 0 Å². The molecule has 1 fully saturated rings. The molecule has 1 saturated heterocycles. The lowest BCUT2D eigenvalue weighted by atomic mass is 10.3. The Balaban J connectivity index is 2.41. The Labute approximate surface area is 124 Å². The van der Waals surface area contributed by atoms with Crippen molar-refractivity contribution in [1.82, 2.24) is 9.21 Å². The predicted molar refractivity (Wildman–Crippen MR) is 74.9 cm³/mol. The lowest BCUT2D eigenvalue weighted by Gasteiger charge is -2.31. The van der Waals surface area contributed by atoms with Crippen molar-refractivity contribution in [2.75, 3.05) is 32.4 Å². The summed E-state index contributed by atoms with van der Waals surface area (Å²) >= 11 is 2.93. The zero-order valence-corrected chi connectivity index (χ0v) is 13.0. The minimum atomic E-state index is -3.92. The van der Waals surface area contributed by atoms with Crippen molar-refractivity contribution in [3.8, 4) is 0 Å². The summed E-state index contributed by atoms with van der Waals surface area (Å²) in [6, 6.07) is 2.05. The Morgan fingerprint density at radius 3 is 2.60 bits per heavy atom. The molecule has 1 aliphatic heterocycles. The number of rotatable bonds is 2. The fourth-order valence-electron chi connectivity index (χ4n) is 1.85. The first-order valence-corrected chi connectivity index (χ1v) is 7.95. The summed E-state index contributed by atoms with van der Waals surface area (Å²) in [6.07, 6.45) is 0. The molecule has 0 spiro atoms. The van der Waals surface area contributed by atoms with E-state index in [0.717, 1.165) is 16.4 Å². The monoisotopic (exact) mass is 365 g/mol. The molecule has 9 heteroatoms. The summed E-state index contributed by atoms with van der Waals surface area (Å²) in [5.74, 6) is -0.935. The molecule has 0 radical (unpaired) electrons. The highest BCUT2D eigenvalue weighted by atomic mass is 79.9. The molecule has 1 heterocycles. The molecule has 20 heavy (non-hydrogen) atoms. The zero-order chi connectivity index (χ0) is 15.1. The zero-order valence-electron chi connectivity index (χ0n) is 10.6. The highest BCUT2D eigenvalue weighted by Crippen LogP contribution is 2.28. The normalized spacial score (nSPS) is 17.6. The Hall–Kier alpha value is -1.19. The molecule has 0 aromatic heterocycles. The van der Waals surface area contributed by atoms with Crippen LogP contribution in [0.3, 0.4) is 0 Å². The van der Waals surface area contributed by atoms with E-state index in [1.54, 1.807) is 7.05 Å². The molecular weight excluding hydrogens is 353 g/mol. The number of nitrogen functional groups attached to an aromatic ring is 1. The van der Waals surface area contributed by atoms with Gasteiger partial charge in [-0.3, -0.25) is 4.79 Å². The second-order valence-corrected chi connectivity index (χ2v) is 7.22. The summed E-state index contributed by atoms with van der Waals surface area (Å²) in [5.41, 5.74) is 5.40. The number of hydrogen-bond acceptors (Lipinski definition) is 4. The molecule has 1 aromatic carbocycles. The second-order valence-electron chi connectivity index (χ2n) is 4.46. The maximum Gasteiger partial charge on any atom is 0.245 e. The Morgan fingerprint density at radius 1 is 1.35 bits per heavy atom. The van der Waals surface area contributed by atoms with Crippen molar-refractivity contribution in [3.63, 3.8) is 0 Å². The van der Waals surface area contributed by atoms with Crippen LogP contribution in [0.25, 0.3) is 0 Å². The largest absolute Gasteiger partial charge is 0.398 e. The molecule has 0 unspecified atom stereocenters. The van der Waals surface area contributed by atoms with Crippen LogP contribution in [0.15, 0.2) is 21.5 Å². The minimum Gasteiger partial charge on any atom is -0.398 e. The number of likely N-dealkylation sites (N-methyl/N-ethyl adjacent to an activating group) is 1. The number of nitrogens with zero attached hydrogens (tertiary/aromatic N) is 2. The Morgan fingerprint density at radius 2 is 2.00 bits per heavy atom. The molecule has 2 rings (SSSR count). The molecule has 6 nitrogen and oxygen atoms in total. The van der Waals surface area contributed by atoms with Gasteiger partial charge in [-0.2, -0.15) is 4.31 Å². The first kappa shape index (κ1) is 15.2. The van der Waals surface area contributed by atoms with Gasteiger partial charge >= 0.3 is 0 Å². The third-order valence-electron chi connectivity index (χ3n) is 3.09. The van der Waals surface area contributed by atoms with Crippen molar-refractivity contribution in [3.05, 3.63) is 22.4 Å². The number of hydrogen-bond donors (Lipinski definition) is 1. The fourth-order valence-corrected chi connectivity index (χ4v) is 3.85. The molecule has 0 aliphatic carbocycles. The van der Waals surface area contributed by atoms with Crippen LogP contribution in [-0.2, 0) is 14.8 Å². The van der Waals surface area contributed by atoms with Gasteiger partial charge in [0.1, 0.15) is 10.7 Å². The summed E-state index contributed by atoms with van der Waals surface area (Å²) in [6.45, 7) is 0.243. The van der Waals surface area contributed by atoms with Gasteiger partial charge in [-0.15, -0.1) is 0 Å². The standard InChI is InChI=1S/C11H13BrFN3O3S/c1-15-2-3-16(6-11(15)17)20(18,19)10-4-7(12)8(13)5-9(10)14/h4-5H,2-3,6,14H2,1H3. The molecule has 1 amide bonds. The van der Waals surface area contributed by atoms with Crippen LogP contribution in [0.1, 0.15) is 0 Å². The van der Waals surface area contributed by atoms with E-state index in [4.69, 9.17) is 5.73 Å². The summed E-state index contributed by atoms with van der Waals surface area (Å²) < 4.78 is 39.3. The maximum atomic E-state index is 13.3. The number of anilines is 1. The van der Waals surface area contributed by atoms with Crippen molar-refractivity contribution in [2.45, 2.75) is 4.90 Å². The summed E-state index contributed by atoms with van der Waals surface area (Å²) in [7, 11) is -2.32. The molecule has 0 saturated carbocycles. The number of halogens is 2. The van der Waals surface area contributed by atoms with Gasteiger partial charge in [0, 0.05) is 20.1 Å². The van der Waals surface area contributed by atoms with Gasteiger partial charge in [0.25, 0.3) is 0 Å². The molecule has 1 aromatic rings. The van der Waals surface area contributed by atoms with Gasteiger partial charge in [-0.25, -0.2) is 12.8 Å². The van der Waals surface area contributed by atoms with E-state index < -0.39 is 15.8 Å². The average Bonchev–Trinajstić information content (AvgIpc) is 2.36. The van der Waals surface area contributed by atoms with E-state index in [0.29, 0.717) is 6.54 Å². The number of benzene rings is 1. The van der Waals surface area contributed by atoms with E-state index in [9.17, 15) is 17.6 Å². The number of carbonyl (C=O) groups is 1. The number of sulfonamides is 1. The van der Waals surface area contributed by atoms with E-state index in [1.165, 1.54) is 4.90 Å². The molecule has 110 valence electrons. The smallest absolute Gasteiger partial charge is 0.245 e. The quantitative estimate of drug-likeness (QED) is 0.779. The number of amides is 1. The highest BCUT2D eigenvalue weighted by molar-refractivity contribution is 9.10. The second kappa shape index (κ2) is 5.30. The van der Waals surface area contributed by atoms with E-state index in [-0.39, 0.29) is 34.1 Å². The fraction of sp³-hybridized carbons (Fsp3) is 0.364. The van der Waals surface area contributed by atoms with Crippen molar-refractivity contribution >= 4 is 37.5 Å². The van der Waals surface area contributed by atoms with Crippen molar-refractivity contribution in [1.29, 1.82) is 0 Å². The van der Waals surface area contributed by atoms with Crippen LogP contribution < -0.4 is 5.73 Å². The number of carbonyl (C=O) groups excluding carboxylic acids is 1. The molecule has 0 atom stereocenters. The van der Waals surface area contributed by atoms with Crippen LogP contribution in [0, 0.1) is 5.82 Å². The van der Waals surface area contributed by atoms with Gasteiger partial charge in [0.15, 0.2) is 0 Å². The van der Waals surface area contributed by atoms with Gasteiger partial charge < -0.3 is 10.6 Å². The van der Waals surface area contributed by atoms with E-state index >= 15 is 0 Å². The van der Waals surface area contributed by atoms with Crippen LogP contribution >= 0.6 is 15.9 Å². The number of nitrogens with two attached hydrogens (primary N) is 1. The van der Waals surface area contributed by atoms with Gasteiger partial charge in [-0.1, -0.05) is 0 Å². The molecular formula is C11H13BrFN3O3S. The molecule has 2 N–H and O–H groups in total. The van der Waals surface area contributed by atoms with Crippen LogP contribution in [0.2, 0.25) is 0 Å². The van der Waals surface area contributed by atoms with Gasteiger partial charge in [0.05, 0.1) is 16.7 Å². The van der Waals surface area contributed by atoms with Gasteiger partial charge in [-0.05, 0) is 28.1 Å². The lowest BCUT2D eigenvalue weighted by Crippen LogP contribution is -2.50. The van der Waals surface area contributed by atoms with E-state index in [2.05, 4.69) is 15.9 Å². The first-order valence-electron chi connectivity index (χ1n) is 5.72. The van der Waals surface area contributed by atoms with Crippen LogP contribution in [-0.4, -0.2) is 50.2 Å².